The minimum absolute atomic E-state index is 0.0241. The molecule has 0 unspecified atom stereocenters. The normalized spacial score (nSPS) is 11.9. The second-order valence-corrected chi connectivity index (χ2v) is 7.33. The molecule has 1 aliphatic heterocycles. The van der Waals surface area contributed by atoms with Crippen molar-refractivity contribution in [2.24, 2.45) is 0 Å². The van der Waals surface area contributed by atoms with Gasteiger partial charge in [0, 0.05) is 12.0 Å². The molecule has 7 nitrogen and oxygen atoms in total. The van der Waals surface area contributed by atoms with Crippen LogP contribution in [0.1, 0.15) is 40.9 Å². The third-order valence-corrected chi connectivity index (χ3v) is 5.35. The predicted octanol–water partition coefficient (Wildman–Crippen LogP) is 3.97. The fourth-order valence-corrected chi connectivity index (χ4v) is 3.79. The summed E-state index contributed by atoms with van der Waals surface area (Å²) in [5, 5.41) is 8.89. The van der Waals surface area contributed by atoms with Crippen LogP contribution in [0.2, 0.25) is 0 Å². The molecule has 0 bridgehead atoms. The summed E-state index contributed by atoms with van der Waals surface area (Å²) in [4.78, 5) is 17.0. The van der Waals surface area contributed by atoms with Crippen molar-refractivity contribution >= 4 is 5.78 Å². The average molecular weight is 399 g/mol. The van der Waals surface area contributed by atoms with Gasteiger partial charge in [-0.1, -0.05) is 36.8 Å². The lowest BCUT2D eigenvalue weighted by Crippen LogP contribution is -2.13. The number of fused-ring (bicyclic) bond motifs is 5. The summed E-state index contributed by atoms with van der Waals surface area (Å²) in [6.07, 6.45) is 2.14. The van der Waals surface area contributed by atoms with E-state index in [1.54, 1.807) is 6.33 Å². The smallest absolute Gasteiger partial charge is 0.182 e. The first-order valence-electron chi connectivity index (χ1n) is 9.96. The molecular formula is C23H21N5O2. The van der Waals surface area contributed by atoms with Crippen molar-refractivity contribution in [2.75, 3.05) is 0 Å². The molecule has 0 aliphatic carbocycles. The van der Waals surface area contributed by atoms with Gasteiger partial charge in [0.25, 0.3) is 0 Å². The molecule has 0 atom stereocenters. The van der Waals surface area contributed by atoms with Crippen LogP contribution in [0.4, 0.5) is 0 Å². The maximum Gasteiger partial charge on any atom is 0.182 e. The van der Waals surface area contributed by atoms with Crippen LogP contribution in [0.15, 0.2) is 54.9 Å². The van der Waals surface area contributed by atoms with Gasteiger partial charge in [0.1, 0.15) is 24.4 Å². The number of para-hydroxylation sites is 1. The van der Waals surface area contributed by atoms with Crippen molar-refractivity contribution in [3.63, 3.8) is 0 Å². The van der Waals surface area contributed by atoms with Crippen molar-refractivity contribution in [1.82, 2.24) is 24.3 Å². The average Bonchev–Trinajstić information content (AvgIpc) is 3.34. The van der Waals surface area contributed by atoms with E-state index in [-0.39, 0.29) is 12.4 Å². The topological polar surface area (TPSA) is 74.8 Å². The molecule has 0 N–H and O–H groups in total. The molecule has 0 fully saturated rings. The third kappa shape index (κ3) is 2.99. The van der Waals surface area contributed by atoms with Crippen LogP contribution in [0, 0.1) is 6.92 Å². The highest BCUT2D eigenvalue weighted by Crippen LogP contribution is 2.33. The minimum Gasteiger partial charge on any atom is -0.486 e. The van der Waals surface area contributed by atoms with Crippen LogP contribution < -0.4 is 4.74 Å². The van der Waals surface area contributed by atoms with Gasteiger partial charge in [0.15, 0.2) is 17.4 Å². The summed E-state index contributed by atoms with van der Waals surface area (Å²) in [7, 11) is 0. The van der Waals surface area contributed by atoms with Crippen molar-refractivity contribution in [3.8, 4) is 22.8 Å². The highest BCUT2D eigenvalue weighted by molar-refractivity contribution is 5.95. The summed E-state index contributed by atoms with van der Waals surface area (Å²) in [6, 6.07) is 15.8. The zero-order valence-corrected chi connectivity index (χ0v) is 16.9. The van der Waals surface area contributed by atoms with Gasteiger partial charge >= 0.3 is 0 Å². The van der Waals surface area contributed by atoms with E-state index in [9.17, 15) is 4.79 Å². The standard InChI is InChI=1S/C23H21N5O2/c1-3-20(29)22-19-12-27-21(13-30-16-7-5-4-6-8-16)25-26-23(27)17-11-15(2)9-10-18(17)28(19)14-24-22/h4-11,14H,3,12-13H2,1-2H3. The molecular weight excluding hydrogens is 378 g/mol. The Kier molecular flexibility index (Phi) is 4.43. The summed E-state index contributed by atoms with van der Waals surface area (Å²) in [5.74, 6) is 2.26. The zero-order chi connectivity index (χ0) is 20.7. The summed E-state index contributed by atoms with van der Waals surface area (Å²) in [5.41, 5.74) is 4.37. The first-order chi connectivity index (χ1) is 14.7. The van der Waals surface area contributed by atoms with E-state index in [1.165, 1.54) is 0 Å². The summed E-state index contributed by atoms with van der Waals surface area (Å²) < 4.78 is 9.94. The van der Waals surface area contributed by atoms with Crippen molar-refractivity contribution in [2.45, 2.75) is 33.4 Å². The largest absolute Gasteiger partial charge is 0.486 e. The van der Waals surface area contributed by atoms with Gasteiger partial charge in [0.05, 0.1) is 17.9 Å². The zero-order valence-electron chi connectivity index (χ0n) is 16.9. The van der Waals surface area contributed by atoms with Crippen LogP contribution in [0.3, 0.4) is 0 Å². The molecule has 0 spiro atoms. The number of nitrogens with zero attached hydrogens (tertiary/aromatic N) is 5. The van der Waals surface area contributed by atoms with E-state index in [2.05, 4.69) is 27.3 Å². The molecule has 0 saturated heterocycles. The van der Waals surface area contributed by atoms with E-state index >= 15 is 0 Å². The molecule has 7 heteroatoms. The second kappa shape index (κ2) is 7.26. The van der Waals surface area contributed by atoms with Gasteiger partial charge in [-0.25, -0.2) is 4.98 Å². The Labute approximate surface area is 174 Å². The molecule has 2 aromatic heterocycles. The van der Waals surface area contributed by atoms with Crippen molar-refractivity contribution in [3.05, 3.63) is 77.6 Å². The molecule has 1 aliphatic rings. The maximum atomic E-state index is 12.5. The van der Waals surface area contributed by atoms with Crippen LogP contribution in [0.5, 0.6) is 5.75 Å². The lowest BCUT2D eigenvalue weighted by atomic mass is 10.1. The second-order valence-electron chi connectivity index (χ2n) is 7.33. The first-order valence-corrected chi connectivity index (χ1v) is 9.96. The van der Waals surface area contributed by atoms with E-state index in [0.717, 1.165) is 34.1 Å². The summed E-state index contributed by atoms with van der Waals surface area (Å²) in [6.45, 7) is 4.63. The number of carbonyl (C=O) groups excluding carboxylic acids is 1. The molecule has 2 aromatic carbocycles. The lowest BCUT2D eigenvalue weighted by molar-refractivity contribution is 0.0982. The van der Waals surface area contributed by atoms with E-state index in [4.69, 9.17) is 4.74 Å². The quantitative estimate of drug-likeness (QED) is 0.418. The maximum absolute atomic E-state index is 12.5. The molecule has 0 amide bonds. The van der Waals surface area contributed by atoms with E-state index < -0.39 is 0 Å². The molecule has 150 valence electrons. The van der Waals surface area contributed by atoms with E-state index in [1.807, 2.05) is 59.4 Å². The van der Waals surface area contributed by atoms with Gasteiger partial charge in [-0.15, -0.1) is 10.2 Å². The van der Waals surface area contributed by atoms with Gasteiger partial charge < -0.3 is 9.30 Å². The molecule has 0 saturated carbocycles. The Morgan fingerprint density at radius 1 is 1.13 bits per heavy atom. The molecule has 30 heavy (non-hydrogen) atoms. The number of imidazole rings is 1. The minimum atomic E-state index is 0.0241. The third-order valence-electron chi connectivity index (χ3n) is 5.35. The Morgan fingerprint density at radius 3 is 2.77 bits per heavy atom. The Hall–Kier alpha value is -3.74. The number of aromatic nitrogens is 5. The number of carbonyl (C=O) groups is 1. The van der Waals surface area contributed by atoms with Crippen molar-refractivity contribution < 1.29 is 9.53 Å². The highest BCUT2D eigenvalue weighted by atomic mass is 16.5. The van der Waals surface area contributed by atoms with Crippen molar-refractivity contribution in [1.29, 1.82) is 0 Å². The fraction of sp³-hybridized carbons (Fsp3) is 0.217. The number of hydrogen-bond donors (Lipinski definition) is 0. The monoisotopic (exact) mass is 399 g/mol. The van der Waals surface area contributed by atoms with Crippen LogP contribution in [-0.4, -0.2) is 30.1 Å². The Bertz CT molecular complexity index is 1240. The van der Waals surface area contributed by atoms with Crippen LogP contribution in [0.25, 0.3) is 17.1 Å². The van der Waals surface area contributed by atoms with Crippen LogP contribution in [-0.2, 0) is 13.2 Å². The highest BCUT2D eigenvalue weighted by Gasteiger charge is 2.27. The first kappa shape index (κ1) is 18.3. The number of aryl methyl sites for hydroxylation is 1. The number of ether oxygens (including phenoxy) is 1. The molecule has 5 rings (SSSR count). The number of ketones is 1. The van der Waals surface area contributed by atoms with Gasteiger partial charge in [0.2, 0.25) is 0 Å². The lowest BCUT2D eigenvalue weighted by Gasteiger charge is -2.10. The van der Waals surface area contributed by atoms with Gasteiger partial charge in [-0.3, -0.25) is 9.36 Å². The number of hydrogen-bond acceptors (Lipinski definition) is 5. The van der Waals surface area contributed by atoms with Crippen LogP contribution >= 0.6 is 0 Å². The fourth-order valence-electron chi connectivity index (χ4n) is 3.79. The predicted molar refractivity (Wildman–Crippen MR) is 112 cm³/mol. The SMILES string of the molecule is CCC(=O)c1ncn2c1Cn1c(COc3ccccc3)nnc1-c1cc(C)ccc1-2. The summed E-state index contributed by atoms with van der Waals surface area (Å²) >= 11 is 0. The number of Topliss-reactive ketones (excluding diaryl/α,β-unsaturated/α-hetero) is 1. The van der Waals surface area contributed by atoms with E-state index in [0.29, 0.717) is 24.5 Å². The number of rotatable bonds is 5. The molecule has 3 heterocycles. The number of benzene rings is 2. The van der Waals surface area contributed by atoms with Gasteiger partial charge in [-0.05, 0) is 31.2 Å². The molecule has 4 aromatic rings. The Morgan fingerprint density at radius 2 is 1.97 bits per heavy atom. The Balaban J connectivity index is 1.63. The molecule has 0 radical (unpaired) electrons. The van der Waals surface area contributed by atoms with Gasteiger partial charge in [-0.2, -0.15) is 0 Å².